The third-order valence-corrected chi connectivity index (χ3v) is 0. The van der Waals surface area contributed by atoms with Crippen LogP contribution in [0, 0.1) is 0 Å². The van der Waals surface area contributed by atoms with Gasteiger partial charge in [-0.15, -0.1) is 0 Å². The largest absolute Gasteiger partial charge is 0.300 e. The van der Waals surface area contributed by atoms with E-state index in [0.29, 0.717) is 0 Å². The zero-order valence-electron chi connectivity index (χ0n) is 3.80. The molecule has 0 unspecified atom stereocenters. The van der Waals surface area contributed by atoms with E-state index in [1.54, 1.807) is 0 Å². The van der Waals surface area contributed by atoms with Crippen LogP contribution in [0.3, 0.4) is 0 Å². The van der Waals surface area contributed by atoms with E-state index in [1.165, 1.54) is 13.8 Å². The third-order valence-electron chi connectivity index (χ3n) is 0. The second-order valence-electron chi connectivity index (χ2n) is 0.908. The molecule has 0 aromatic heterocycles. The van der Waals surface area contributed by atoms with Crippen LogP contribution in [0.5, 0.6) is 0 Å². The van der Waals surface area contributed by atoms with Crippen molar-refractivity contribution in [2.24, 2.45) is 0 Å². The predicted molar refractivity (Wildman–Crippen MR) is 16.4 cm³/mol. The molecule has 0 spiro atoms. The van der Waals surface area contributed by atoms with Crippen molar-refractivity contribution in [1.82, 2.24) is 0 Å². The van der Waals surface area contributed by atoms with Crippen molar-refractivity contribution in [3.8, 4) is 0 Å². The third kappa shape index (κ3) is 67.0. The number of hydrogen-bond acceptors (Lipinski definition) is 1. The van der Waals surface area contributed by atoms with E-state index in [4.69, 9.17) is 0 Å². The number of rotatable bonds is 0. The number of Topliss-reactive ketones (excluding diaryl/α,β-unsaturated/α-hetero) is 1. The summed E-state index contributed by atoms with van der Waals surface area (Å²) >= 11 is 0. The normalized spacial score (nSPS) is 4.33. The van der Waals surface area contributed by atoms with E-state index >= 15 is 0 Å². The Bertz CT molecular complexity index is 31.8. The summed E-state index contributed by atoms with van der Waals surface area (Å²) in [6.07, 6.45) is 0. The maximum absolute atomic E-state index is 9.44. The fourth-order valence-electron chi connectivity index (χ4n) is 0. The first-order chi connectivity index (χ1) is 1.73. The number of ketones is 1. The van der Waals surface area contributed by atoms with Crippen molar-refractivity contribution < 1.29 is 49.6 Å². The van der Waals surface area contributed by atoms with Gasteiger partial charge in [0.2, 0.25) is 0 Å². The molecule has 1 nitrogen and oxygen atoms in total. The first kappa shape index (κ1) is 15.7. The van der Waals surface area contributed by atoms with Crippen LogP contribution in [0.1, 0.15) is 13.8 Å². The molecule has 34 valence electrons. The summed E-state index contributed by atoms with van der Waals surface area (Å²) in [7, 11) is 0. The molecule has 0 aliphatic rings. The minimum atomic E-state index is 0. The van der Waals surface area contributed by atoms with E-state index < -0.39 is 0 Å². The van der Waals surface area contributed by atoms with E-state index in [2.05, 4.69) is 0 Å². The Balaban J connectivity index is -0.0000000450. The van der Waals surface area contributed by atoms with Crippen molar-refractivity contribution >= 4 is 5.78 Å². The Morgan fingerprint density at radius 1 is 1.17 bits per heavy atom. The van der Waals surface area contributed by atoms with Gasteiger partial charge in [-0.25, -0.2) is 0 Å². The maximum Gasteiger partial charge on any atom is 0.126 e. The van der Waals surface area contributed by atoms with E-state index in [0.717, 1.165) is 0 Å². The molecule has 0 N–H and O–H groups in total. The van der Waals surface area contributed by atoms with Gasteiger partial charge in [-0.05, 0) is 13.8 Å². The molecule has 0 aliphatic carbocycles. The summed E-state index contributed by atoms with van der Waals surface area (Å²) in [5.41, 5.74) is 0. The Hall–Kier alpha value is 1.15. The molecular weight excluding hydrogens is 238 g/mol. The van der Waals surface area contributed by atoms with Gasteiger partial charge >= 0.3 is 0 Å². The predicted octanol–water partition coefficient (Wildman–Crippen LogP) is 0.590. The Labute approximate surface area is 68.9 Å². The molecule has 0 rings (SSSR count). The number of carbonyl (C=O) groups excluding carboxylic acids is 1. The van der Waals surface area contributed by atoms with Gasteiger partial charge in [-0.2, -0.15) is 0 Å². The molecule has 0 atom stereocenters. The van der Waals surface area contributed by atoms with E-state index in [9.17, 15) is 4.79 Å². The van der Waals surface area contributed by atoms with Crippen LogP contribution in [0.25, 0.3) is 0 Å². The summed E-state index contributed by atoms with van der Waals surface area (Å²) in [5, 5.41) is 0. The molecule has 0 aromatic carbocycles. The molecule has 0 bridgehead atoms. The number of carbonyl (C=O) groups is 1. The molecular formula is C3H6Nb2O. The van der Waals surface area contributed by atoms with E-state index in [1.807, 2.05) is 0 Å². The Morgan fingerprint density at radius 2 is 1.17 bits per heavy atom. The van der Waals surface area contributed by atoms with Crippen molar-refractivity contribution in [2.45, 2.75) is 13.8 Å². The van der Waals surface area contributed by atoms with Crippen molar-refractivity contribution in [3.05, 3.63) is 0 Å². The van der Waals surface area contributed by atoms with Gasteiger partial charge < -0.3 is 4.79 Å². The van der Waals surface area contributed by atoms with E-state index in [-0.39, 0.29) is 50.5 Å². The first-order valence-corrected chi connectivity index (χ1v) is 1.20. The van der Waals surface area contributed by atoms with Crippen molar-refractivity contribution in [3.63, 3.8) is 0 Å². The molecule has 0 aliphatic heterocycles. The summed E-state index contributed by atoms with van der Waals surface area (Å²) in [4.78, 5) is 9.44. The molecule has 0 amide bonds. The molecule has 2 radical (unpaired) electrons. The smallest absolute Gasteiger partial charge is 0.126 e. The zero-order valence-corrected chi connectivity index (χ0v) is 8.20. The van der Waals surface area contributed by atoms with Crippen LogP contribution >= 0.6 is 0 Å². The minimum Gasteiger partial charge on any atom is -0.300 e. The maximum atomic E-state index is 9.44. The van der Waals surface area contributed by atoms with Gasteiger partial charge in [-0.1, -0.05) is 0 Å². The summed E-state index contributed by atoms with van der Waals surface area (Å²) in [6, 6.07) is 0. The Morgan fingerprint density at radius 3 is 1.17 bits per heavy atom. The van der Waals surface area contributed by atoms with Gasteiger partial charge in [-0.3, -0.25) is 0 Å². The summed E-state index contributed by atoms with van der Waals surface area (Å²) in [5.74, 6) is 0.167. The second kappa shape index (κ2) is 9.47. The zero-order chi connectivity index (χ0) is 3.58. The second-order valence-corrected chi connectivity index (χ2v) is 0.908. The van der Waals surface area contributed by atoms with Crippen LogP contribution in [0.4, 0.5) is 0 Å². The first-order valence-electron chi connectivity index (χ1n) is 1.20. The van der Waals surface area contributed by atoms with Crippen molar-refractivity contribution in [2.75, 3.05) is 0 Å². The van der Waals surface area contributed by atoms with Crippen LogP contribution in [-0.4, -0.2) is 5.78 Å². The average Bonchev–Trinajstić information content (AvgIpc) is 0.811. The molecule has 0 saturated heterocycles. The molecule has 6 heavy (non-hydrogen) atoms. The fourth-order valence-corrected chi connectivity index (χ4v) is 0. The van der Waals surface area contributed by atoms with Gasteiger partial charge in [0.05, 0.1) is 0 Å². The monoisotopic (exact) mass is 244 g/mol. The molecule has 0 aromatic rings. The summed E-state index contributed by atoms with van der Waals surface area (Å²) in [6.45, 7) is 3.06. The quantitative estimate of drug-likeness (QED) is 0.570. The molecule has 0 fully saturated rings. The Kier molecular flexibility index (Phi) is 24.8. The van der Waals surface area contributed by atoms with Crippen molar-refractivity contribution in [1.29, 1.82) is 0 Å². The van der Waals surface area contributed by atoms with Crippen LogP contribution in [-0.2, 0) is 49.6 Å². The standard InChI is InChI=1S/C3H6O.2Nb/c1-3(2)4;;/h1-2H3;;. The topological polar surface area (TPSA) is 17.1 Å². The number of hydrogen-bond donors (Lipinski definition) is 0. The van der Waals surface area contributed by atoms with Crippen LogP contribution < -0.4 is 0 Å². The molecule has 3 heteroatoms. The van der Waals surface area contributed by atoms with Crippen LogP contribution in [0.2, 0.25) is 0 Å². The average molecular weight is 244 g/mol. The van der Waals surface area contributed by atoms with Gasteiger partial charge in [0.25, 0.3) is 0 Å². The fraction of sp³-hybridized carbons (Fsp3) is 0.667. The van der Waals surface area contributed by atoms with Crippen LogP contribution in [0.15, 0.2) is 0 Å². The van der Waals surface area contributed by atoms with Gasteiger partial charge in [0.1, 0.15) is 5.78 Å². The van der Waals surface area contributed by atoms with Gasteiger partial charge in [0.15, 0.2) is 0 Å². The summed E-state index contributed by atoms with van der Waals surface area (Å²) < 4.78 is 0. The minimum absolute atomic E-state index is 0. The molecule has 0 heterocycles. The molecule has 0 saturated carbocycles. The van der Waals surface area contributed by atoms with Gasteiger partial charge in [0, 0.05) is 44.8 Å². The SMILES string of the molecule is CC(C)=O.[Nb].[Nb].